The second-order valence-electron chi connectivity index (χ2n) is 4.90. The van der Waals surface area contributed by atoms with E-state index in [9.17, 15) is 9.59 Å². The maximum Gasteiger partial charge on any atom is 0.338 e. The summed E-state index contributed by atoms with van der Waals surface area (Å²) < 4.78 is 15.3. The van der Waals surface area contributed by atoms with Crippen LogP contribution >= 0.6 is 0 Å². The van der Waals surface area contributed by atoms with Crippen molar-refractivity contribution in [2.24, 2.45) is 0 Å². The predicted molar refractivity (Wildman–Crippen MR) is 75.4 cm³/mol. The second kappa shape index (κ2) is 6.97. The largest absolute Gasteiger partial charge is 0.454 e. The molecule has 114 valence electrons. The third kappa shape index (κ3) is 4.11. The molecule has 1 atom stereocenters. The van der Waals surface area contributed by atoms with Crippen LogP contribution in [0.1, 0.15) is 37.0 Å². The standard InChI is InChI=1S/C15H19NO5/c1-3-4-10(2)16-14(17)8-19-15(18)11-5-6-12-13(7-11)21-9-20-12/h5-7,10H,3-4,8-9H2,1-2H3,(H,16,17)/t10-/m1/s1. The summed E-state index contributed by atoms with van der Waals surface area (Å²) in [7, 11) is 0. The summed E-state index contributed by atoms with van der Waals surface area (Å²) in [5, 5.41) is 2.77. The molecular weight excluding hydrogens is 274 g/mol. The fraction of sp³-hybridized carbons (Fsp3) is 0.467. The molecule has 0 unspecified atom stereocenters. The van der Waals surface area contributed by atoms with Gasteiger partial charge in [-0.05, 0) is 31.5 Å². The summed E-state index contributed by atoms with van der Waals surface area (Å²) in [5.41, 5.74) is 0.327. The highest BCUT2D eigenvalue weighted by Gasteiger charge is 2.17. The minimum absolute atomic E-state index is 0.0757. The van der Waals surface area contributed by atoms with E-state index < -0.39 is 5.97 Å². The Morgan fingerprint density at radius 3 is 2.86 bits per heavy atom. The Kier molecular flexibility index (Phi) is 5.03. The van der Waals surface area contributed by atoms with Gasteiger partial charge in [0.05, 0.1) is 5.56 Å². The average Bonchev–Trinajstić information content (AvgIpc) is 2.92. The smallest absolute Gasteiger partial charge is 0.338 e. The van der Waals surface area contributed by atoms with E-state index in [-0.39, 0.29) is 25.3 Å². The highest BCUT2D eigenvalue weighted by Crippen LogP contribution is 2.32. The first-order chi connectivity index (χ1) is 10.1. The number of hydrogen-bond donors (Lipinski definition) is 1. The number of ether oxygens (including phenoxy) is 3. The monoisotopic (exact) mass is 293 g/mol. The molecule has 0 bridgehead atoms. The zero-order valence-corrected chi connectivity index (χ0v) is 12.2. The van der Waals surface area contributed by atoms with Gasteiger partial charge in [0.2, 0.25) is 6.79 Å². The van der Waals surface area contributed by atoms with Crippen molar-refractivity contribution in [3.63, 3.8) is 0 Å². The summed E-state index contributed by atoms with van der Waals surface area (Å²) in [6, 6.07) is 4.84. The molecule has 1 aliphatic heterocycles. The number of nitrogens with one attached hydrogen (secondary N) is 1. The number of carbonyl (C=O) groups excluding carboxylic acids is 2. The maximum atomic E-state index is 11.9. The van der Waals surface area contributed by atoms with E-state index in [0.717, 1.165) is 12.8 Å². The van der Waals surface area contributed by atoms with E-state index >= 15 is 0 Å². The highest BCUT2D eigenvalue weighted by atomic mass is 16.7. The van der Waals surface area contributed by atoms with Crippen LogP contribution in [0.4, 0.5) is 0 Å². The number of esters is 1. The molecule has 0 spiro atoms. The lowest BCUT2D eigenvalue weighted by molar-refractivity contribution is -0.124. The normalized spacial score (nSPS) is 13.6. The van der Waals surface area contributed by atoms with Crippen molar-refractivity contribution in [3.8, 4) is 11.5 Å². The van der Waals surface area contributed by atoms with Gasteiger partial charge < -0.3 is 19.5 Å². The average molecular weight is 293 g/mol. The van der Waals surface area contributed by atoms with Gasteiger partial charge in [-0.25, -0.2) is 4.79 Å². The number of hydrogen-bond acceptors (Lipinski definition) is 5. The molecule has 1 N–H and O–H groups in total. The highest BCUT2D eigenvalue weighted by molar-refractivity contribution is 5.92. The molecule has 21 heavy (non-hydrogen) atoms. The van der Waals surface area contributed by atoms with E-state index in [1.807, 2.05) is 13.8 Å². The van der Waals surface area contributed by atoms with E-state index in [4.69, 9.17) is 14.2 Å². The summed E-state index contributed by atoms with van der Waals surface area (Å²) >= 11 is 0. The first-order valence-corrected chi connectivity index (χ1v) is 6.96. The van der Waals surface area contributed by atoms with Gasteiger partial charge in [0, 0.05) is 6.04 Å². The van der Waals surface area contributed by atoms with Crippen LogP contribution in [0.2, 0.25) is 0 Å². The molecule has 6 heteroatoms. The number of amides is 1. The van der Waals surface area contributed by atoms with Gasteiger partial charge in [-0.15, -0.1) is 0 Å². The van der Waals surface area contributed by atoms with Crippen LogP contribution in [0.15, 0.2) is 18.2 Å². The van der Waals surface area contributed by atoms with Crippen molar-refractivity contribution in [2.45, 2.75) is 32.7 Å². The minimum Gasteiger partial charge on any atom is -0.454 e. The van der Waals surface area contributed by atoms with Gasteiger partial charge in [0.1, 0.15) is 0 Å². The zero-order valence-electron chi connectivity index (χ0n) is 12.2. The Balaban J connectivity index is 1.83. The van der Waals surface area contributed by atoms with Crippen LogP contribution < -0.4 is 14.8 Å². The third-order valence-corrected chi connectivity index (χ3v) is 3.07. The topological polar surface area (TPSA) is 73.9 Å². The summed E-state index contributed by atoms with van der Waals surface area (Å²) in [6.45, 7) is 3.82. The van der Waals surface area contributed by atoms with Crippen molar-refractivity contribution in [1.29, 1.82) is 0 Å². The van der Waals surface area contributed by atoms with Crippen molar-refractivity contribution < 1.29 is 23.8 Å². The molecule has 0 aliphatic carbocycles. The molecule has 1 heterocycles. The first kappa shape index (κ1) is 15.2. The van der Waals surface area contributed by atoms with Gasteiger partial charge in [0.15, 0.2) is 18.1 Å². The van der Waals surface area contributed by atoms with Gasteiger partial charge in [-0.1, -0.05) is 13.3 Å². The molecule has 0 radical (unpaired) electrons. The molecule has 1 aromatic rings. The van der Waals surface area contributed by atoms with Crippen molar-refractivity contribution in [2.75, 3.05) is 13.4 Å². The predicted octanol–water partition coefficient (Wildman–Crippen LogP) is 1.88. The zero-order chi connectivity index (χ0) is 15.2. The Morgan fingerprint density at radius 2 is 2.10 bits per heavy atom. The molecule has 2 rings (SSSR count). The minimum atomic E-state index is -0.563. The molecule has 1 aliphatic rings. The van der Waals surface area contributed by atoms with Gasteiger partial charge in [0.25, 0.3) is 5.91 Å². The fourth-order valence-electron chi connectivity index (χ4n) is 2.06. The lowest BCUT2D eigenvalue weighted by Gasteiger charge is -2.12. The number of benzene rings is 1. The van der Waals surface area contributed by atoms with E-state index in [1.165, 1.54) is 0 Å². The van der Waals surface area contributed by atoms with Gasteiger partial charge in [-0.3, -0.25) is 4.79 Å². The number of carbonyl (C=O) groups is 2. The molecule has 0 aromatic heterocycles. The van der Waals surface area contributed by atoms with E-state index in [2.05, 4.69) is 5.32 Å². The van der Waals surface area contributed by atoms with Crippen LogP contribution in [-0.2, 0) is 9.53 Å². The second-order valence-corrected chi connectivity index (χ2v) is 4.90. The molecule has 6 nitrogen and oxygen atoms in total. The molecule has 0 saturated carbocycles. The van der Waals surface area contributed by atoms with Crippen LogP contribution in [0.25, 0.3) is 0 Å². The summed E-state index contributed by atoms with van der Waals surface area (Å²) in [5.74, 6) is 0.236. The number of rotatable bonds is 6. The summed E-state index contributed by atoms with van der Waals surface area (Å²) in [6.07, 6.45) is 1.88. The van der Waals surface area contributed by atoms with Gasteiger partial charge in [-0.2, -0.15) is 0 Å². The number of fused-ring (bicyclic) bond motifs is 1. The van der Waals surface area contributed by atoms with Crippen molar-refractivity contribution >= 4 is 11.9 Å². The quantitative estimate of drug-likeness (QED) is 0.811. The lowest BCUT2D eigenvalue weighted by Crippen LogP contribution is -2.35. The first-order valence-electron chi connectivity index (χ1n) is 6.96. The van der Waals surface area contributed by atoms with Crippen LogP contribution in [0.3, 0.4) is 0 Å². The fourth-order valence-corrected chi connectivity index (χ4v) is 2.06. The summed E-state index contributed by atoms with van der Waals surface area (Å²) in [4.78, 5) is 23.5. The van der Waals surface area contributed by atoms with Crippen LogP contribution in [-0.4, -0.2) is 31.3 Å². The molecule has 0 saturated heterocycles. The van der Waals surface area contributed by atoms with Crippen molar-refractivity contribution in [1.82, 2.24) is 5.32 Å². The van der Waals surface area contributed by atoms with Crippen molar-refractivity contribution in [3.05, 3.63) is 23.8 Å². The molecule has 0 fully saturated rings. The maximum absolute atomic E-state index is 11.9. The third-order valence-electron chi connectivity index (χ3n) is 3.07. The Bertz CT molecular complexity index is 529. The molecular formula is C15H19NO5. The van der Waals surface area contributed by atoms with Gasteiger partial charge >= 0.3 is 5.97 Å². The van der Waals surface area contributed by atoms with Crippen LogP contribution in [0.5, 0.6) is 11.5 Å². The Labute approximate surface area is 123 Å². The molecule has 1 amide bonds. The Hall–Kier alpha value is -2.24. The lowest BCUT2D eigenvalue weighted by atomic mass is 10.2. The molecule has 1 aromatic carbocycles. The SMILES string of the molecule is CCC[C@@H](C)NC(=O)COC(=O)c1ccc2c(c1)OCO2. The Morgan fingerprint density at radius 1 is 1.33 bits per heavy atom. The van der Waals surface area contributed by atoms with Crippen LogP contribution in [0, 0.1) is 0 Å². The van der Waals surface area contributed by atoms with E-state index in [0.29, 0.717) is 17.1 Å². The van der Waals surface area contributed by atoms with E-state index in [1.54, 1.807) is 18.2 Å².